The van der Waals surface area contributed by atoms with E-state index in [0.717, 1.165) is 57.1 Å². The van der Waals surface area contributed by atoms with Crippen molar-refractivity contribution in [2.24, 2.45) is 0 Å². The van der Waals surface area contributed by atoms with Crippen LogP contribution < -0.4 is 15.0 Å². The van der Waals surface area contributed by atoms with Crippen molar-refractivity contribution in [2.45, 2.75) is 6.42 Å². The van der Waals surface area contributed by atoms with Crippen LogP contribution in [0.2, 0.25) is 0 Å². The number of nitrogens with one attached hydrogen (secondary N) is 1. The van der Waals surface area contributed by atoms with Gasteiger partial charge in [0.2, 0.25) is 0 Å². The quantitative estimate of drug-likeness (QED) is 0.807. The van der Waals surface area contributed by atoms with Gasteiger partial charge in [-0.25, -0.2) is 4.79 Å². The molecule has 2 rings (SSSR count). The number of carbonyl (C=O) groups excluding carboxylic acids is 1. The SMILES string of the molecule is COc1ccccc1N1CCN(C(=O)NCCCN(C)C)CC1. The molecular formula is C17H28N4O2. The van der Waals surface area contributed by atoms with Crippen LogP contribution in [0.3, 0.4) is 0 Å². The van der Waals surface area contributed by atoms with E-state index in [1.54, 1.807) is 7.11 Å². The second-order valence-corrected chi connectivity index (χ2v) is 6.03. The van der Waals surface area contributed by atoms with E-state index >= 15 is 0 Å². The van der Waals surface area contributed by atoms with Gasteiger partial charge in [-0.2, -0.15) is 0 Å². The number of methoxy groups -OCH3 is 1. The lowest BCUT2D eigenvalue weighted by molar-refractivity contribution is 0.194. The van der Waals surface area contributed by atoms with Gasteiger partial charge in [0.25, 0.3) is 0 Å². The summed E-state index contributed by atoms with van der Waals surface area (Å²) in [5.74, 6) is 0.883. The molecule has 1 aromatic carbocycles. The fourth-order valence-corrected chi connectivity index (χ4v) is 2.74. The second kappa shape index (κ2) is 8.62. The Bertz CT molecular complexity index is 499. The van der Waals surface area contributed by atoms with Crippen molar-refractivity contribution < 1.29 is 9.53 Å². The minimum absolute atomic E-state index is 0.0448. The molecule has 0 saturated carbocycles. The number of piperazine rings is 1. The predicted molar refractivity (Wildman–Crippen MR) is 93.3 cm³/mol. The van der Waals surface area contributed by atoms with Gasteiger partial charge < -0.3 is 24.8 Å². The molecule has 1 aromatic rings. The first kappa shape index (κ1) is 17.4. The summed E-state index contributed by atoms with van der Waals surface area (Å²) in [6.45, 7) is 4.83. The average Bonchev–Trinajstić information content (AvgIpc) is 2.58. The molecule has 0 aromatic heterocycles. The molecule has 0 radical (unpaired) electrons. The van der Waals surface area contributed by atoms with Gasteiger partial charge in [0.15, 0.2) is 0 Å². The minimum atomic E-state index is 0.0448. The highest BCUT2D eigenvalue weighted by Crippen LogP contribution is 2.28. The van der Waals surface area contributed by atoms with E-state index in [1.807, 2.05) is 37.2 Å². The maximum Gasteiger partial charge on any atom is 0.317 e. The zero-order chi connectivity index (χ0) is 16.7. The normalized spacial score (nSPS) is 15.0. The molecule has 0 aliphatic carbocycles. The molecular weight excluding hydrogens is 292 g/mol. The number of amides is 2. The highest BCUT2D eigenvalue weighted by Gasteiger charge is 2.22. The Morgan fingerprint density at radius 2 is 1.91 bits per heavy atom. The molecule has 0 bridgehead atoms. The van der Waals surface area contributed by atoms with E-state index in [-0.39, 0.29) is 6.03 Å². The summed E-state index contributed by atoms with van der Waals surface area (Å²) in [4.78, 5) is 18.5. The topological polar surface area (TPSA) is 48.1 Å². The molecule has 0 atom stereocenters. The first-order valence-electron chi connectivity index (χ1n) is 8.17. The first-order chi connectivity index (χ1) is 11.1. The number of hydrogen-bond donors (Lipinski definition) is 1. The molecule has 6 heteroatoms. The summed E-state index contributed by atoms with van der Waals surface area (Å²) in [6, 6.07) is 8.07. The number of urea groups is 1. The Morgan fingerprint density at radius 1 is 1.22 bits per heavy atom. The largest absolute Gasteiger partial charge is 0.495 e. The summed E-state index contributed by atoms with van der Waals surface area (Å²) >= 11 is 0. The minimum Gasteiger partial charge on any atom is -0.495 e. The lowest BCUT2D eigenvalue weighted by Crippen LogP contribution is -2.52. The third-order valence-electron chi connectivity index (χ3n) is 4.05. The summed E-state index contributed by atoms with van der Waals surface area (Å²) < 4.78 is 5.42. The van der Waals surface area contributed by atoms with Gasteiger partial charge in [-0.3, -0.25) is 0 Å². The third-order valence-corrected chi connectivity index (χ3v) is 4.05. The predicted octanol–water partition coefficient (Wildman–Crippen LogP) is 1.48. The van der Waals surface area contributed by atoms with Gasteiger partial charge in [-0.15, -0.1) is 0 Å². The lowest BCUT2D eigenvalue weighted by Gasteiger charge is -2.36. The molecule has 2 amide bonds. The van der Waals surface area contributed by atoms with Gasteiger partial charge in [0.05, 0.1) is 12.8 Å². The van der Waals surface area contributed by atoms with Crippen molar-refractivity contribution in [1.29, 1.82) is 0 Å². The molecule has 6 nitrogen and oxygen atoms in total. The number of anilines is 1. The molecule has 0 unspecified atom stereocenters. The van der Waals surface area contributed by atoms with Crippen LogP contribution >= 0.6 is 0 Å². The highest BCUT2D eigenvalue weighted by atomic mass is 16.5. The second-order valence-electron chi connectivity index (χ2n) is 6.03. The van der Waals surface area contributed by atoms with Crippen molar-refractivity contribution in [1.82, 2.24) is 15.1 Å². The zero-order valence-corrected chi connectivity index (χ0v) is 14.4. The summed E-state index contributed by atoms with van der Waals surface area (Å²) in [7, 11) is 5.77. The van der Waals surface area contributed by atoms with E-state index in [4.69, 9.17) is 4.74 Å². The molecule has 1 fully saturated rings. The van der Waals surface area contributed by atoms with E-state index in [2.05, 4.69) is 21.2 Å². The molecule has 1 aliphatic rings. The number of benzene rings is 1. The van der Waals surface area contributed by atoms with Crippen LogP contribution in [-0.4, -0.2) is 76.3 Å². The molecule has 1 heterocycles. The first-order valence-corrected chi connectivity index (χ1v) is 8.17. The number of para-hydroxylation sites is 2. The monoisotopic (exact) mass is 320 g/mol. The maximum atomic E-state index is 12.2. The molecule has 0 spiro atoms. The van der Waals surface area contributed by atoms with Gasteiger partial charge in [0.1, 0.15) is 5.75 Å². The Balaban J connectivity index is 1.78. The van der Waals surface area contributed by atoms with Crippen LogP contribution in [0.4, 0.5) is 10.5 Å². The van der Waals surface area contributed by atoms with Crippen LogP contribution in [0, 0.1) is 0 Å². The van der Waals surface area contributed by atoms with E-state index in [1.165, 1.54) is 0 Å². The number of ether oxygens (including phenoxy) is 1. The Morgan fingerprint density at radius 3 is 2.57 bits per heavy atom. The van der Waals surface area contributed by atoms with Gasteiger partial charge in [0, 0.05) is 32.7 Å². The van der Waals surface area contributed by atoms with E-state index in [0.29, 0.717) is 0 Å². The smallest absolute Gasteiger partial charge is 0.317 e. The molecule has 1 N–H and O–H groups in total. The third kappa shape index (κ3) is 5.03. The molecule has 23 heavy (non-hydrogen) atoms. The number of carbonyl (C=O) groups is 1. The standard InChI is InChI=1S/C17H28N4O2/c1-19(2)10-6-9-18-17(22)21-13-11-20(12-14-21)15-7-4-5-8-16(15)23-3/h4-5,7-8H,6,9-14H2,1-3H3,(H,18,22). The molecule has 1 aliphatic heterocycles. The van der Waals surface area contributed by atoms with Gasteiger partial charge >= 0.3 is 6.03 Å². The average molecular weight is 320 g/mol. The molecule has 128 valence electrons. The fraction of sp³-hybridized carbons (Fsp3) is 0.588. The van der Waals surface area contributed by atoms with Crippen LogP contribution in [-0.2, 0) is 0 Å². The Labute approximate surface area is 139 Å². The number of rotatable bonds is 6. The van der Waals surface area contributed by atoms with E-state index < -0.39 is 0 Å². The van der Waals surface area contributed by atoms with Crippen molar-refractivity contribution in [3.05, 3.63) is 24.3 Å². The Kier molecular flexibility index (Phi) is 6.52. The van der Waals surface area contributed by atoms with Crippen LogP contribution in [0.5, 0.6) is 5.75 Å². The van der Waals surface area contributed by atoms with Gasteiger partial charge in [-0.1, -0.05) is 12.1 Å². The van der Waals surface area contributed by atoms with Crippen molar-refractivity contribution >= 4 is 11.7 Å². The number of hydrogen-bond acceptors (Lipinski definition) is 4. The van der Waals surface area contributed by atoms with Crippen molar-refractivity contribution in [3.63, 3.8) is 0 Å². The van der Waals surface area contributed by atoms with E-state index in [9.17, 15) is 4.79 Å². The van der Waals surface area contributed by atoms with Crippen molar-refractivity contribution in [3.8, 4) is 5.75 Å². The summed E-state index contributed by atoms with van der Waals surface area (Å²) in [5.41, 5.74) is 1.10. The van der Waals surface area contributed by atoms with Crippen LogP contribution in [0.25, 0.3) is 0 Å². The van der Waals surface area contributed by atoms with Crippen LogP contribution in [0.15, 0.2) is 24.3 Å². The number of nitrogens with zero attached hydrogens (tertiary/aromatic N) is 3. The zero-order valence-electron chi connectivity index (χ0n) is 14.4. The Hall–Kier alpha value is -1.95. The molecule has 1 saturated heterocycles. The summed E-state index contributed by atoms with van der Waals surface area (Å²) in [6.07, 6.45) is 0.972. The van der Waals surface area contributed by atoms with Gasteiger partial charge in [-0.05, 0) is 39.2 Å². The maximum absolute atomic E-state index is 12.2. The summed E-state index contributed by atoms with van der Waals surface area (Å²) in [5, 5.41) is 3.00. The fourth-order valence-electron chi connectivity index (χ4n) is 2.74. The lowest BCUT2D eigenvalue weighted by atomic mass is 10.2. The van der Waals surface area contributed by atoms with Crippen molar-refractivity contribution in [2.75, 3.05) is 65.4 Å². The van der Waals surface area contributed by atoms with Crippen LogP contribution in [0.1, 0.15) is 6.42 Å². The highest BCUT2D eigenvalue weighted by molar-refractivity contribution is 5.74.